The second-order valence-corrected chi connectivity index (χ2v) is 10.2. The van der Waals surface area contributed by atoms with Crippen LogP contribution < -0.4 is 14.2 Å². The molecule has 8 heteroatoms. The first-order valence-corrected chi connectivity index (χ1v) is 13.5. The lowest BCUT2D eigenvalue weighted by Crippen LogP contribution is -2.15. The summed E-state index contributed by atoms with van der Waals surface area (Å²) in [5, 5.41) is 19.7. The van der Waals surface area contributed by atoms with E-state index < -0.39 is 0 Å². The number of rotatable bonds is 4. The van der Waals surface area contributed by atoms with Gasteiger partial charge in [-0.05, 0) is 46.0 Å². The summed E-state index contributed by atoms with van der Waals surface area (Å²) in [6.45, 7) is 0. The Morgan fingerprint density at radius 1 is 0.810 bits per heavy atom. The fraction of sp³-hybridized carbons (Fsp3) is 0.0882. The molecule has 5 aromatic carbocycles. The minimum absolute atomic E-state index is 0.107. The number of phenolic OH excluding ortho intramolecular Hbond substituents is 1. The molecule has 1 N–H and O–H groups in total. The summed E-state index contributed by atoms with van der Waals surface area (Å²) in [7, 11) is 3.25. The molecule has 2 aromatic heterocycles. The maximum Gasteiger partial charge on any atom is 0.228 e. The van der Waals surface area contributed by atoms with Crippen LogP contribution in [0.4, 0.5) is 0 Å². The van der Waals surface area contributed by atoms with Gasteiger partial charge in [0.05, 0.1) is 25.3 Å². The highest BCUT2D eigenvalue weighted by Crippen LogP contribution is 2.51. The van der Waals surface area contributed by atoms with Crippen LogP contribution in [0.25, 0.3) is 38.6 Å². The van der Waals surface area contributed by atoms with Gasteiger partial charge in [0.1, 0.15) is 17.8 Å². The first-order chi connectivity index (χ1) is 20.6. The molecule has 0 amide bonds. The molecular weight excluding hydrogens is 528 g/mol. The Bertz CT molecular complexity index is 2190. The largest absolute Gasteiger partial charge is 0.507 e. The van der Waals surface area contributed by atoms with Crippen LogP contribution >= 0.6 is 0 Å². The van der Waals surface area contributed by atoms with Crippen molar-refractivity contribution >= 4 is 27.2 Å². The number of benzene rings is 5. The second-order valence-electron chi connectivity index (χ2n) is 10.2. The Kier molecular flexibility index (Phi) is 5.30. The molecule has 8 nitrogen and oxygen atoms in total. The smallest absolute Gasteiger partial charge is 0.228 e. The second kappa shape index (κ2) is 9.21. The number of hydrogen-bond acceptors (Lipinski definition) is 7. The maximum atomic E-state index is 10.9. The first kappa shape index (κ1) is 24.2. The molecule has 1 aliphatic heterocycles. The van der Waals surface area contributed by atoms with Gasteiger partial charge in [-0.25, -0.2) is 14.5 Å². The van der Waals surface area contributed by atoms with Crippen molar-refractivity contribution in [2.75, 3.05) is 14.2 Å². The van der Waals surface area contributed by atoms with Crippen LogP contribution in [0.1, 0.15) is 22.6 Å². The average molecular weight is 553 g/mol. The lowest BCUT2D eigenvalue weighted by molar-refractivity contribution is 0.354. The quantitative estimate of drug-likeness (QED) is 0.249. The van der Waals surface area contributed by atoms with E-state index in [4.69, 9.17) is 29.3 Å². The Hall–Kier alpha value is -5.63. The van der Waals surface area contributed by atoms with Crippen molar-refractivity contribution in [1.82, 2.24) is 19.6 Å². The van der Waals surface area contributed by atoms with E-state index in [9.17, 15) is 5.11 Å². The van der Waals surface area contributed by atoms with Crippen LogP contribution in [0.2, 0.25) is 0 Å². The van der Waals surface area contributed by atoms with Crippen LogP contribution in [0.15, 0.2) is 97.3 Å². The normalized spacial score (nSPS) is 14.0. The molecule has 7 aromatic rings. The van der Waals surface area contributed by atoms with Crippen molar-refractivity contribution < 1.29 is 19.3 Å². The molecule has 0 saturated carbocycles. The van der Waals surface area contributed by atoms with Crippen LogP contribution in [-0.2, 0) is 0 Å². The van der Waals surface area contributed by atoms with E-state index in [0.29, 0.717) is 34.4 Å². The van der Waals surface area contributed by atoms with Crippen LogP contribution in [0.5, 0.6) is 28.9 Å². The Morgan fingerprint density at radius 3 is 2.38 bits per heavy atom. The van der Waals surface area contributed by atoms with Gasteiger partial charge in [0.2, 0.25) is 5.88 Å². The van der Waals surface area contributed by atoms with Gasteiger partial charge in [-0.1, -0.05) is 66.7 Å². The molecule has 8 rings (SSSR count). The van der Waals surface area contributed by atoms with Crippen molar-refractivity contribution in [2.45, 2.75) is 5.92 Å². The van der Waals surface area contributed by atoms with E-state index in [-0.39, 0.29) is 11.7 Å². The number of aromatic nitrogens is 4. The molecule has 42 heavy (non-hydrogen) atoms. The van der Waals surface area contributed by atoms with Crippen LogP contribution in [-0.4, -0.2) is 38.9 Å². The van der Waals surface area contributed by atoms with Crippen molar-refractivity contribution in [3.05, 3.63) is 114 Å². The number of methoxy groups -OCH3 is 2. The standard InChI is InChI=1S/C34H24N4O4/c1-40-27-14-12-22(17-28(27)41-2)29-24-13-11-19-7-5-6-10-23(19)31(24)42-34-30(29)33-36-32(37-38(33)18-35-34)25-15-20-8-3-4-9-21(20)16-26(25)39/h3-18,29,39H,1-2H3/t29-/m1/s1. The third-order valence-corrected chi connectivity index (χ3v) is 7.94. The highest BCUT2D eigenvalue weighted by molar-refractivity contribution is 5.92. The van der Waals surface area contributed by atoms with Crippen molar-refractivity contribution in [3.63, 3.8) is 0 Å². The molecule has 0 aliphatic carbocycles. The third kappa shape index (κ3) is 3.58. The van der Waals surface area contributed by atoms with E-state index in [1.54, 1.807) is 31.1 Å². The first-order valence-electron chi connectivity index (χ1n) is 13.5. The molecule has 1 atom stereocenters. The zero-order valence-corrected chi connectivity index (χ0v) is 22.8. The molecule has 0 bridgehead atoms. The maximum absolute atomic E-state index is 10.9. The van der Waals surface area contributed by atoms with Crippen LogP contribution in [0.3, 0.4) is 0 Å². The topological polar surface area (TPSA) is 91.0 Å². The van der Waals surface area contributed by atoms with Gasteiger partial charge < -0.3 is 19.3 Å². The van der Waals surface area contributed by atoms with Gasteiger partial charge in [-0.2, -0.15) is 0 Å². The monoisotopic (exact) mass is 552 g/mol. The number of ether oxygens (including phenoxy) is 3. The summed E-state index contributed by atoms with van der Waals surface area (Å²) < 4.78 is 19.4. The highest BCUT2D eigenvalue weighted by atomic mass is 16.5. The van der Waals surface area contributed by atoms with Crippen LogP contribution in [0, 0.1) is 0 Å². The minimum atomic E-state index is -0.299. The van der Waals surface area contributed by atoms with E-state index in [1.807, 2.05) is 60.7 Å². The minimum Gasteiger partial charge on any atom is -0.507 e. The zero-order chi connectivity index (χ0) is 28.4. The average Bonchev–Trinajstić information content (AvgIpc) is 3.47. The zero-order valence-electron chi connectivity index (χ0n) is 22.8. The lowest BCUT2D eigenvalue weighted by atomic mass is 9.82. The summed E-state index contributed by atoms with van der Waals surface area (Å²) in [6, 6.07) is 29.8. The number of fused-ring (bicyclic) bond motifs is 7. The summed E-state index contributed by atoms with van der Waals surface area (Å²) >= 11 is 0. The van der Waals surface area contributed by atoms with E-state index in [0.717, 1.165) is 44.0 Å². The molecule has 204 valence electrons. The Morgan fingerprint density at radius 2 is 1.57 bits per heavy atom. The highest BCUT2D eigenvalue weighted by Gasteiger charge is 2.35. The number of hydrogen-bond donors (Lipinski definition) is 1. The fourth-order valence-electron chi connectivity index (χ4n) is 5.95. The van der Waals surface area contributed by atoms with Gasteiger partial charge in [-0.3, -0.25) is 0 Å². The summed E-state index contributed by atoms with van der Waals surface area (Å²) in [5.41, 5.74) is 3.83. The summed E-state index contributed by atoms with van der Waals surface area (Å²) in [6.07, 6.45) is 1.60. The number of aromatic hydroxyl groups is 1. The molecular formula is C34H24N4O4. The molecule has 0 radical (unpaired) electrons. The third-order valence-electron chi connectivity index (χ3n) is 7.94. The van der Waals surface area contributed by atoms with Gasteiger partial charge >= 0.3 is 0 Å². The molecule has 0 fully saturated rings. The molecule has 0 saturated heterocycles. The predicted octanol–water partition coefficient (Wildman–Crippen LogP) is 7.11. The van der Waals surface area contributed by atoms with E-state index >= 15 is 0 Å². The molecule has 0 unspecified atom stereocenters. The van der Waals surface area contributed by atoms with Gasteiger partial charge in [-0.15, -0.1) is 5.10 Å². The Labute approximate surface area is 240 Å². The molecule has 1 aliphatic rings. The lowest BCUT2D eigenvalue weighted by Gasteiger charge is -2.29. The molecule has 0 spiro atoms. The van der Waals surface area contributed by atoms with Crippen molar-refractivity contribution in [1.29, 1.82) is 0 Å². The molecule has 3 heterocycles. The fourth-order valence-corrected chi connectivity index (χ4v) is 5.95. The predicted molar refractivity (Wildman–Crippen MR) is 160 cm³/mol. The van der Waals surface area contributed by atoms with Crippen molar-refractivity contribution in [2.24, 2.45) is 0 Å². The van der Waals surface area contributed by atoms with E-state index in [1.165, 1.54) is 0 Å². The van der Waals surface area contributed by atoms with Gasteiger partial charge in [0.15, 0.2) is 23.0 Å². The Balaban J connectivity index is 1.39. The van der Waals surface area contributed by atoms with Crippen molar-refractivity contribution in [3.8, 4) is 40.3 Å². The summed E-state index contributed by atoms with van der Waals surface area (Å²) in [4.78, 5) is 9.67. The summed E-state index contributed by atoms with van der Waals surface area (Å²) in [5.74, 6) is 2.66. The van der Waals surface area contributed by atoms with E-state index in [2.05, 4.69) is 24.3 Å². The SMILES string of the molecule is COc1ccc([C@@H]2c3ccc4ccccc4c3Oc3ncn4nc(-c5cc6ccccc6cc5O)nc4c32)cc1OC. The number of phenols is 1. The van der Waals surface area contributed by atoms with Gasteiger partial charge in [0, 0.05) is 16.9 Å². The van der Waals surface area contributed by atoms with Gasteiger partial charge in [0.25, 0.3) is 0 Å². The number of nitrogens with zero attached hydrogens (tertiary/aromatic N) is 4.